The van der Waals surface area contributed by atoms with Gasteiger partial charge in [-0.3, -0.25) is 0 Å². The fourth-order valence-electron chi connectivity index (χ4n) is 4.60. The second kappa shape index (κ2) is 6.00. The van der Waals surface area contributed by atoms with E-state index < -0.39 is 0 Å². The smallest absolute Gasteiger partial charge is 0.0622 e. The molecule has 0 saturated heterocycles. The first-order chi connectivity index (χ1) is 12.9. The quantitative estimate of drug-likeness (QED) is 0.373. The van der Waals surface area contributed by atoms with Gasteiger partial charge in [-0.15, -0.1) is 0 Å². The molecule has 0 aromatic heterocycles. The molecule has 0 N–H and O–H groups in total. The van der Waals surface area contributed by atoms with Gasteiger partial charge < -0.3 is 0 Å². The summed E-state index contributed by atoms with van der Waals surface area (Å²) in [5, 5.41) is 0. The summed E-state index contributed by atoms with van der Waals surface area (Å²) in [5.41, 5.74) is 8.01. The van der Waals surface area contributed by atoms with Crippen LogP contribution in [0.2, 0.25) is 0 Å². The largest absolute Gasteiger partial charge is 0.0707 e. The Morgan fingerprint density at radius 2 is 0.808 bits per heavy atom. The Bertz CT molecular complexity index is 958. The number of hydrogen-bond donors (Lipinski definition) is 0. The Morgan fingerprint density at radius 1 is 0.423 bits per heavy atom. The molecule has 0 atom stereocenters. The van der Waals surface area contributed by atoms with Crippen LogP contribution in [-0.2, 0) is 11.8 Å². The van der Waals surface area contributed by atoms with Crippen molar-refractivity contribution in [2.24, 2.45) is 0 Å². The summed E-state index contributed by atoms with van der Waals surface area (Å²) in [4.78, 5) is 0. The summed E-state index contributed by atoms with van der Waals surface area (Å²) in [6.45, 7) is 0. The number of fused-ring (bicyclic) bond motifs is 2. The van der Waals surface area contributed by atoms with Gasteiger partial charge in [0.25, 0.3) is 0 Å². The van der Waals surface area contributed by atoms with Gasteiger partial charge in [0.15, 0.2) is 0 Å². The zero-order valence-corrected chi connectivity index (χ0v) is 14.6. The monoisotopic (exact) mass is 332 g/mol. The highest BCUT2D eigenvalue weighted by Crippen LogP contribution is 2.50. The molecule has 0 aliphatic heterocycles. The summed E-state index contributed by atoms with van der Waals surface area (Å²) in [6, 6.07) is 39.7. The van der Waals surface area contributed by atoms with E-state index >= 15 is 0 Å². The van der Waals surface area contributed by atoms with Gasteiger partial charge in [-0.05, 0) is 39.8 Å². The van der Waals surface area contributed by atoms with E-state index in [2.05, 4.69) is 109 Å². The molecular weight excluding hydrogens is 312 g/mol. The zero-order chi connectivity index (χ0) is 17.4. The van der Waals surface area contributed by atoms with Crippen molar-refractivity contribution in [2.45, 2.75) is 11.8 Å². The SMILES string of the molecule is c1ccc(C2(c3ccccc3)c3ccccc3Cc3ccccc32)cc1. The van der Waals surface area contributed by atoms with Crippen molar-refractivity contribution in [1.82, 2.24) is 0 Å². The lowest BCUT2D eigenvalue weighted by Gasteiger charge is -2.42. The Labute approximate surface area is 154 Å². The molecule has 0 heteroatoms. The van der Waals surface area contributed by atoms with Gasteiger partial charge in [-0.25, -0.2) is 0 Å². The second-order valence-electron chi connectivity index (χ2n) is 6.97. The summed E-state index contributed by atoms with van der Waals surface area (Å²) >= 11 is 0. The molecule has 0 unspecified atom stereocenters. The van der Waals surface area contributed by atoms with Crippen molar-refractivity contribution in [3.05, 3.63) is 143 Å². The maximum absolute atomic E-state index is 2.31. The summed E-state index contributed by atoms with van der Waals surface area (Å²) in [7, 11) is 0. The molecule has 1 aliphatic carbocycles. The zero-order valence-electron chi connectivity index (χ0n) is 14.6. The van der Waals surface area contributed by atoms with Crippen LogP contribution in [-0.4, -0.2) is 0 Å². The van der Waals surface area contributed by atoms with Crippen LogP contribution in [0.25, 0.3) is 0 Å². The van der Waals surface area contributed by atoms with Gasteiger partial charge in [0.1, 0.15) is 0 Å². The standard InChI is InChI=1S/C26H20/c1-3-13-22(14-4-1)26(23-15-5-2-6-16-23)24-17-9-7-11-20(24)19-21-12-8-10-18-25(21)26/h1-18H,19H2. The minimum absolute atomic E-state index is 0.270. The minimum atomic E-state index is -0.270. The van der Waals surface area contributed by atoms with Crippen molar-refractivity contribution in [2.75, 3.05) is 0 Å². The van der Waals surface area contributed by atoms with E-state index in [1.54, 1.807) is 0 Å². The molecule has 4 aromatic rings. The molecule has 0 spiro atoms. The van der Waals surface area contributed by atoms with E-state index in [9.17, 15) is 0 Å². The molecule has 0 nitrogen and oxygen atoms in total. The van der Waals surface area contributed by atoms with Crippen molar-refractivity contribution >= 4 is 0 Å². The number of hydrogen-bond acceptors (Lipinski definition) is 0. The first-order valence-electron chi connectivity index (χ1n) is 9.18. The first-order valence-corrected chi connectivity index (χ1v) is 9.18. The molecule has 1 aliphatic rings. The predicted octanol–water partition coefficient (Wildman–Crippen LogP) is 5.97. The molecule has 26 heavy (non-hydrogen) atoms. The Balaban J connectivity index is 1.97. The third-order valence-electron chi connectivity index (χ3n) is 5.64. The van der Waals surface area contributed by atoms with Gasteiger partial charge in [0, 0.05) is 0 Å². The Morgan fingerprint density at radius 3 is 1.27 bits per heavy atom. The highest BCUT2D eigenvalue weighted by molar-refractivity contribution is 5.66. The molecule has 0 amide bonds. The lowest BCUT2D eigenvalue weighted by Crippen LogP contribution is -2.36. The highest BCUT2D eigenvalue weighted by atomic mass is 14.4. The number of rotatable bonds is 2. The molecule has 124 valence electrons. The van der Waals surface area contributed by atoms with Crippen LogP contribution in [0.4, 0.5) is 0 Å². The maximum atomic E-state index is 2.31. The van der Waals surface area contributed by atoms with Crippen LogP contribution in [0, 0.1) is 0 Å². The lowest BCUT2D eigenvalue weighted by molar-refractivity contribution is 0.703. The highest BCUT2D eigenvalue weighted by Gasteiger charge is 2.43. The van der Waals surface area contributed by atoms with Gasteiger partial charge >= 0.3 is 0 Å². The van der Waals surface area contributed by atoms with Crippen molar-refractivity contribution in [1.29, 1.82) is 0 Å². The normalized spacial score (nSPS) is 14.3. The number of benzene rings is 4. The van der Waals surface area contributed by atoms with Gasteiger partial charge in [-0.1, -0.05) is 109 Å². The maximum Gasteiger partial charge on any atom is 0.0707 e. The Kier molecular flexibility index (Phi) is 3.50. The molecule has 0 saturated carbocycles. The van der Waals surface area contributed by atoms with E-state index in [4.69, 9.17) is 0 Å². The fourth-order valence-corrected chi connectivity index (χ4v) is 4.60. The lowest BCUT2D eigenvalue weighted by atomic mass is 9.60. The topological polar surface area (TPSA) is 0 Å². The van der Waals surface area contributed by atoms with E-state index in [0.717, 1.165) is 6.42 Å². The van der Waals surface area contributed by atoms with Crippen LogP contribution in [0.5, 0.6) is 0 Å². The Hall–Kier alpha value is -3.12. The van der Waals surface area contributed by atoms with E-state index in [1.807, 2.05) is 0 Å². The van der Waals surface area contributed by atoms with Gasteiger partial charge in [-0.2, -0.15) is 0 Å². The van der Waals surface area contributed by atoms with Crippen LogP contribution in [0.15, 0.2) is 109 Å². The first kappa shape index (κ1) is 15.2. The third kappa shape index (κ3) is 2.09. The van der Waals surface area contributed by atoms with Crippen molar-refractivity contribution in [3.63, 3.8) is 0 Å². The minimum Gasteiger partial charge on any atom is -0.0622 e. The molecule has 0 fully saturated rings. The van der Waals surface area contributed by atoms with Crippen LogP contribution >= 0.6 is 0 Å². The second-order valence-corrected chi connectivity index (χ2v) is 6.97. The average molecular weight is 332 g/mol. The van der Waals surface area contributed by atoms with E-state index in [1.165, 1.54) is 33.4 Å². The van der Waals surface area contributed by atoms with E-state index in [-0.39, 0.29) is 5.41 Å². The van der Waals surface area contributed by atoms with Gasteiger partial charge in [0.05, 0.1) is 5.41 Å². The van der Waals surface area contributed by atoms with Crippen LogP contribution in [0.1, 0.15) is 33.4 Å². The fraction of sp³-hybridized carbons (Fsp3) is 0.0769. The summed E-state index contributed by atoms with van der Waals surface area (Å²) < 4.78 is 0. The molecule has 4 aromatic carbocycles. The summed E-state index contributed by atoms with van der Waals surface area (Å²) in [5.74, 6) is 0. The molecule has 0 heterocycles. The van der Waals surface area contributed by atoms with Crippen LogP contribution < -0.4 is 0 Å². The summed E-state index contributed by atoms with van der Waals surface area (Å²) in [6.07, 6.45) is 0.994. The molecule has 0 bridgehead atoms. The van der Waals surface area contributed by atoms with Crippen LogP contribution in [0.3, 0.4) is 0 Å². The molecule has 0 radical (unpaired) electrons. The predicted molar refractivity (Wildman–Crippen MR) is 108 cm³/mol. The van der Waals surface area contributed by atoms with E-state index in [0.29, 0.717) is 0 Å². The van der Waals surface area contributed by atoms with Crippen molar-refractivity contribution in [3.8, 4) is 0 Å². The average Bonchev–Trinajstić information content (AvgIpc) is 2.73. The van der Waals surface area contributed by atoms with Gasteiger partial charge in [0.2, 0.25) is 0 Å². The van der Waals surface area contributed by atoms with Crippen molar-refractivity contribution < 1.29 is 0 Å². The molecular formula is C26H20. The third-order valence-corrected chi connectivity index (χ3v) is 5.64. The molecule has 5 rings (SSSR count).